The zero-order chi connectivity index (χ0) is 15.4. The summed E-state index contributed by atoms with van der Waals surface area (Å²) in [4.78, 5) is 24.8. The Balaban J connectivity index is 1.98. The van der Waals surface area contributed by atoms with E-state index in [0.717, 1.165) is 10.0 Å². The van der Waals surface area contributed by atoms with E-state index in [1.165, 1.54) is 0 Å². The molecule has 114 valence electrons. The predicted octanol–water partition coefficient (Wildman–Crippen LogP) is 2.25. The minimum atomic E-state index is -1.02. The highest BCUT2D eigenvalue weighted by Gasteiger charge is 2.29. The zero-order valence-electron chi connectivity index (χ0n) is 11.8. The van der Waals surface area contributed by atoms with Gasteiger partial charge in [-0.05, 0) is 17.5 Å². The van der Waals surface area contributed by atoms with Crippen molar-refractivity contribution < 1.29 is 19.4 Å². The fourth-order valence-electron chi connectivity index (χ4n) is 2.40. The van der Waals surface area contributed by atoms with Crippen LogP contribution in [0, 0.1) is 0 Å². The average Bonchev–Trinajstić information content (AvgIpc) is 2.47. The van der Waals surface area contributed by atoms with Crippen LogP contribution in [0.5, 0.6) is 0 Å². The molecule has 1 aliphatic rings. The normalized spacial score (nSPS) is 20.1. The molecule has 0 bridgehead atoms. The number of carboxylic acid groups (broad SMARTS) is 1. The van der Waals surface area contributed by atoms with Crippen molar-refractivity contribution in [3.63, 3.8) is 0 Å². The van der Waals surface area contributed by atoms with Gasteiger partial charge < -0.3 is 14.7 Å². The average molecular weight is 356 g/mol. The minimum absolute atomic E-state index is 0.0344. The number of ether oxygens (including phenoxy) is 1. The molecule has 2 rings (SSSR count). The molecule has 2 atom stereocenters. The molecule has 1 saturated heterocycles. The number of carbonyl (C=O) groups excluding carboxylic acids is 1. The minimum Gasteiger partial charge on any atom is -0.479 e. The second-order valence-electron chi connectivity index (χ2n) is 5.16. The van der Waals surface area contributed by atoms with E-state index in [0.29, 0.717) is 13.0 Å². The van der Waals surface area contributed by atoms with E-state index >= 15 is 0 Å². The Morgan fingerprint density at radius 2 is 2.19 bits per heavy atom. The Morgan fingerprint density at radius 1 is 1.48 bits per heavy atom. The van der Waals surface area contributed by atoms with Gasteiger partial charge in [0.1, 0.15) is 0 Å². The fraction of sp³-hybridized carbons (Fsp3) is 0.467. The number of nitrogens with zero attached hydrogens (tertiary/aromatic N) is 1. The first-order valence-electron chi connectivity index (χ1n) is 6.85. The summed E-state index contributed by atoms with van der Waals surface area (Å²) in [5.41, 5.74) is 1.08. The molecule has 0 spiro atoms. The largest absolute Gasteiger partial charge is 0.479 e. The molecular weight excluding hydrogens is 338 g/mol. The molecule has 21 heavy (non-hydrogen) atoms. The molecule has 1 aromatic carbocycles. The van der Waals surface area contributed by atoms with Gasteiger partial charge in [0.25, 0.3) is 0 Å². The second kappa shape index (κ2) is 7.04. The number of aliphatic carboxylic acids is 1. The van der Waals surface area contributed by atoms with Gasteiger partial charge in [-0.1, -0.05) is 41.1 Å². The summed E-state index contributed by atoms with van der Waals surface area (Å²) in [6.45, 7) is 2.83. The van der Waals surface area contributed by atoms with Crippen LogP contribution in [0.1, 0.15) is 24.8 Å². The van der Waals surface area contributed by atoms with Crippen molar-refractivity contribution in [1.29, 1.82) is 0 Å². The zero-order valence-corrected chi connectivity index (χ0v) is 13.4. The lowest BCUT2D eigenvalue weighted by molar-refractivity contribution is -0.159. The van der Waals surface area contributed by atoms with Crippen molar-refractivity contribution in [3.05, 3.63) is 34.3 Å². The van der Waals surface area contributed by atoms with E-state index in [4.69, 9.17) is 9.84 Å². The summed E-state index contributed by atoms with van der Waals surface area (Å²) in [7, 11) is 0. The molecule has 0 aromatic heterocycles. The molecule has 0 radical (unpaired) electrons. The van der Waals surface area contributed by atoms with Gasteiger partial charge in [0, 0.05) is 17.4 Å². The van der Waals surface area contributed by atoms with E-state index < -0.39 is 12.1 Å². The van der Waals surface area contributed by atoms with Gasteiger partial charge in [0.15, 0.2) is 6.10 Å². The molecule has 1 fully saturated rings. The van der Waals surface area contributed by atoms with Crippen molar-refractivity contribution in [2.75, 3.05) is 19.7 Å². The Bertz CT molecular complexity index is 534. The maximum Gasteiger partial charge on any atom is 0.334 e. The first-order chi connectivity index (χ1) is 9.99. The molecule has 1 aliphatic heterocycles. The first-order valence-corrected chi connectivity index (χ1v) is 7.65. The third-order valence-corrected chi connectivity index (χ3v) is 4.33. The van der Waals surface area contributed by atoms with Gasteiger partial charge in [-0.15, -0.1) is 0 Å². The van der Waals surface area contributed by atoms with Crippen LogP contribution in [0.15, 0.2) is 28.7 Å². The SMILES string of the molecule is C[C@@H](CC(=O)N1CCO[C@H](C(=O)O)C1)c1ccccc1Br. The third-order valence-electron chi connectivity index (χ3n) is 3.61. The first kappa shape index (κ1) is 16.0. The quantitative estimate of drug-likeness (QED) is 0.899. The van der Waals surface area contributed by atoms with Crippen LogP contribution in [-0.2, 0) is 14.3 Å². The van der Waals surface area contributed by atoms with Crippen molar-refractivity contribution in [3.8, 4) is 0 Å². The molecule has 0 aliphatic carbocycles. The van der Waals surface area contributed by atoms with Crippen LogP contribution < -0.4 is 0 Å². The Kier molecular flexibility index (Phi) is 5.36. The van der Waals surface area contributed by atoms with Gasteiger partial charge >= 0.3 is 5.97 Å². The van der Waals surface area contributed by atoms with E-state index in [1.807, 2.05) is 31.2 Å². The van der Waals surface area contributed by atoms with E-state index in [-0.39, 0.29) is 25.0 Å². The highest BCUT2D eigenvalue weighted by atomic mass is 79.9. The smallest absolute Gasteiger partial charge is 0.334 e. The molecule has 0 saturated carbocycles. The van der Waals surface area contributed by atoms with Crippen molar-refractivity contribution in [2.45, 2.75) is 25.4 Å². The third kappa shape index (κ3) is 4.04. The van der Waals surface area contributed by atoms with Crippen LogP contribution >= 0.6 is 15.9 Å². The van der Waals surface area contributed by atoms with E-state index in [9.17, 15) is 9.59 Å². The molecule has 1 aromatic rings. The molecule has 1 heterocycles. The highest BCUT2D eigenvalue weighted by molar-refractivity contribution is 9.10. The van der Waals surface area contributed by atoms with Crippen molar-refractivity contribution in [1.82, 2.24) is 4.90 Å². The topological polar surface area (TPSA) is 66.8 Å². The predicted molar refractivity (Wildman–Crippen MR) is 81.1 cm³/mol. The highest BCUT2D eigenvalue weighted by Crippen LogP contribution is 2.27. The molecule has 5 nitrogen and oxygen atoms in total. The summed E-state index contributed by atoms with van der Waals surface area (Å²) >= 11 is 3.49. The number of hydrogen-bond acceptors (Lipinski definition) is 3. The second-order valence-corrected chi connectivity index (χ2v) is 6.02. The molecule has 1 amide bonds. The van der Waals surface area contributed by atoms with Crippen molar-refractivity contribution >= 4 is 27.8 Å². The number of carbonyl (C=O) groups is 2. The lowest BCUT2D eigenvalue weighted by Gasteiger charge is -2.31. The number of hydrogen-bond donors (Lipinski definition) is 1. The number of halogens is 1. The number of carboxylic acids is 1. The van der Waals surface area contributed by atoms with Crippen molar-refractivity contribution in [2.24, 2.45) is 0 Å². The van der Waals surface area contributed by atoms with Gasteiger partial charge in [0.05, 0.1) is 13.2 Å². The van der Waals surface area contributed by atoms with Gasteiger partial charge in [-0.25, -0.2) is 4.79 Å². The molecular formula is C15H18BrNO4. The lowest BCUT2D eigenvalue weighted by Crippen LogP contribution is -2.48. The lowest BCUT2D eigenvalue weighted by atomic mass is 9.97. The summed E-state index contributed by atoms with van der Waals surface area (Å²) in [6, 6.07) is 7.81. The van der Waals surface area contributed by atoms with Gasteiger partial charge in [0.2, 0.25) is 5.91 Å². The maximum absolute atomic E-state index is 12.3. The summed E-state index contributed by atoms with van der Waals surface area (Å²) in [6.07, 6.45) is -0.559. The summed E-state index contributed by atoms with van der Waals surface area (Å²) in [5.74, 6) is -0.988. The summed E-state index contributed by atoms with van der Waals surface area (Å²) in [5, 5.41) is 8.96. The molecule has 6 heteroatoms. The van der Waals surface area contributed by atoms with Crippen LogP contribution in [0.2, 0.25) is 0 Å². The van der Waals surface area contributed by atoms with Gasteiger partial charge in [-0.2, -0.15) is 0 Å². The molecule has 1 N–H and O–H groups in total. The van der Waals surface area contributed by atoms with Crippen LogP contribution in [0.25, 0.3) is 0 Å². The number of benzene rings is 1. The van der Waals surface area contributed by atoms with E-state index in [1.54, 1.807) is 4.90 Å². The Hall–Kier alpha value is -1.40. The fourth-order valence-corrected chi connectivity index (χ4v) is 3.08. The Morgan fingerprint density at radius 3 is 2.86 bits per heavy atom. The maximum atomic E-state index is 12.3. The van der Waals surface area contributed by atoms with Crippen LogP contribution in [-0.4, -0.2) is 47.7 Å². The van der Waals surface area contributed by atoms with Crippen LogP contribution in [0.4, 0.5) is 0 Å². The van der Waals surface area contributed by atoms with E-state index in [2.05, 4.69) is 15.9 Å². The Labute approximate surface area is 132 Å². The van der Waals surface area contributed by atoms with Crippen LogP contribution in [0.3, 0.4) is 0 Å². The number of amides is 1. The standard InChI is InChI=1S/C15H18BrNO4/c1-10(11-4-2-3-5-12(11)16)8-14(18)17-6-7-21-13(9-17)15(19)20/h2-5,10,13H,6-9H2,1H3,(H,19,20)/t10-,13-/m0/s1. The summed E-state index contributed by atoms with van der Waals surface area (Å²) < 4.78 is 6.11. The van der Waals surface area contributed by atoms with Gasteiger partial charge in [-0.3, -0.25) is 4.79 Å². The monoisotopic (exact) mass is 355 g/mol. The molecule has 0 unspecified atom stereocenters. The number of morpholine rings is 1. The number of rotatable bonds is 4.